The monoisotopic (exact) mass is 271 g/mol. The minimum absolute atomic E-state index is 0.113. The molecule has 2 aromatic rings. The van der Waals surface area contributed by atoms with E-state index in [0.717, 1.165) is 24.9 Å². The summed E-state index contributed by atoms with van der Waals surface area (Å²) in [6, 6.07) is 15.9. The summed E-state index contributed by atoms with van der Waals surface area (Å²) in [5.41, 5.74) is 3.35. The largest absolute Gasteiger partial charge is 0.310 e. The fourth-order valence-corrected chi connectivity index (χ4v) is 2.38. The normalized spacial score (nSPS) is 12.3. The average Bonchev–Trinajstić information content (AvgIpc) is 2.47. The lowest BCUT2D eigenvalue weighted by Crippen LogP contribution is -2.23. The van der Waals surface area contributed by atoms with Crippen LogP contribution in [0.1, 0.15) is 36.1 Å². The van der Waals surface area contributed by atoms with Crippen molar-refractivity contribution < 1.29 is 4.39 Å². The third kappa shape index (κ3) is 3.91. The van der Waals surface area contributed by atoms with Crippen molar-refractivity contribution in [1.29, 1.82) is 0 Å². The number of hydrogen-bond acceptors (Lipinski definition) is 1. The predicted molar refractivity (Wildman–Crippen MR) is 82.3 cm³/mol. The van der Waals surface area contributed by atoms with Crippen molar-refractivity contribution in [1.82, 2.24) is 5.32 Å². The van der Waals surface area contributed by atoms with Crippen LogP contribution in [0.4, 0.5) is 4.39 Å². The lowest BCUT2D eigenvalue weighted by atomic mass is 10.0. The van der Waals surface area contributed by atoms with E-state index in [-0.39, 0.29) is 5.82 Å². The third-order valence-electron chi connectivity index (χ3n) is 3.63. The molecule has 2 rings (SSSR count). The van der Waals surface area contributed by atoms with Crippen LogP contribution < -0.4 is 5.32 Å². The Bertz CT molecular complexity index is 533. The molecule has 0 fully saturated rings. The number of halogens is 1. The van der Waals surface area contributed by atoms with Crippen molar-refractivity contribution in [2.75, 3.05) is 6.54 Å². The van der Waals surface area contributed by atoms with Crippen molar-refractivity contribution in [3.8, 4) is 0 Å². The van der Waals surface area contributed by atoms with E-state index in [1.165, 1.54) is 17.2 Å². The molecular weight excluding hydrogens is 249 g/mol. The molecule has 0 saturated heterocycles. The van der Waals surface area contributed by atoms with E-state index < -0.39 is 0 Å². The summed E-state index contributed by atoms with van der Waals surface area (Å²) in [7, 11) is 0. The molecule has 106 valence electrons. The van der Waals surface area contributed by atoms with Gasteiger partial charge < -0.3 is 5.32 Å². The third-order valence-corrected chi connectivity index (χ3v) is 3.63. The van der Waals surface area contributed by atoms with Crippen molar-refractivity contribution in [2.24, 2.45) is 0 Å². The molecule has 0 amide bonds. The summed E-state index contributed by atoms with van der Waals surface area (Å²) in [6.07, 6.45) is 1.75. The quantitative estimate of drug-likeness (QED) is 0.820. The zero-order valence-corrected chi connectivity index (χ0v) is 12.2. The van der Waals surface area contributed by atoms with Gasteiger partial charge in [0.25, 0.3) is 0 Å². The fourth-order valence-electron chi connectivity index (χ4n) is 2.38. The molecule has 1 nitrogen and oxygen atoms in total. The Labute approximate surface area is 120 Å². The lowest BCUT2D eigenvalue weighted by molar-refractivity contribution is 0.516. The van der Waals surface area contributed by atoms with E-state index in [9.17, 15) is 4.39 Å². The van der Waals surface area contributed by atoms with Gasteiger partial charge in [0.1, 0.15) is 5.82 Å². The first kappa shape index (κ1) is 14.7. The predicted octanol–water partition coefficient (Wildman–Crippen LogP) is 4.42. The zero-order chi connectivity index (χ0) is 14.4. The van der Waals surface area contributed by atoms with Crippen LogP contribution in [-0.2, 0) is 6.42 Å². The molecule has 0 aliphatic heterocycles. The molecule has 0 spiro atoms. The molecular formula is C18H22FN. The maximum atomic E-state index is 13.5. The summed E-state index contributed by atoms with van der Waals surface area (Å²) in [5.74, 6) is -0.113. The second-order valence-electron chi connectivity index (χ2n) is 5.17. The van der Waals surface area contributed by atoms with Gasteiger partial charge in [-0.15, -0.1) is 0 Å². The summed E-state index contributed by atoms with van der Waals surface area (Å²) in [6.45, 7) is 5.05. The number of aryl methyl sites for hydroxylation is 1. The smallest absolute Gasteiger partial charge is 0.126 e. The van der Waals surface area contributed by atoms with Gasteiger partial charge in [-0.1, -0.05) is 55.0 Å². The Morgan fingerprint density at radius 3 is 2.40 bits per heavy atom. The standard InChI is InChI=1S/C18H22FN/c1-3-18(16-10-8-14(2)9-11-16)20-13-12-15-6-4-5-7-17(15)19/h4-11,18,20H,3,12-13H2,1-2H3. The van der Waals surface area contributed by atoms with Crippen LogP contribution in [0, 0.1) is 12.7 Å². The molecule has 20 heavy (non-hydrogen) atoms. The number of benzene rings is 2. The second-order valence-corrected chi connectivity index (χ2v) is 5.17. The minimum atomic E-state index is -0.113. The molecule has 0 heterocycles. The Morgan fingerprint density at radius 1 is 1.05 bits per heavy atom. The zero-order valence-electron chi connectivity index (χ0n) is 12.2. The highest BCUT2D eigenvalue weighted by Gasteiger charge is 2.08. The molecule has 1 atom stereocenters. The summed E-state index contributed by atoms with van der Waals surface area (Å²) >= 11 is 0. The highest BCUT2D eigenvalue weighted by Crippen LogP contribution is 2.17. The Hall–Kier alpha value is -1.67. The Kier molecular flexibility index (Phi) is 5.31. The van der Waals surface area contributed by atoms with Gasteiger partial charge in [-0.25, -0.2) is 4.39 Å². The van der Waals surface area contributed by atoms with Crippen LogP contribution in [-0.4, -0.2) is 6.54 Å². The SMILES string of the molecule is CCC(NCCc1ccccc1F)c1ccc(C)cc1. The molecule has 0 aromatic heterocycles. The molecule has 2 heteroatoms. The first-order valence-corrected chi connectivity index (χ1v) is 7.24. The highest BCUT2D eigenvalue weighted by atomic mass is 19.1. The molecule has 0 saturated carbocycles. The molecule has 0 aliphatic carbocycles. The highest BCUT2D eigenvalue weighted by molar-refractivity contribution is 5.24. The molecule has 0 radical (unpaired) electrons. The van der Waals surface area contributed by atoms with Gasteiger partial charge in [0.15, 0.2) is 0 Å². The van der Waals surface area contributed by atoms with Gasteiger partial charge in [0.05, 0.1) is 0 Å². The minimum Gasteiger partial charge on any atom is -0.310 e. The molecule has 1 unspecified atom stereocenters. The van der Waals surface area contributed by atoms with Gasteiger partial charge in [0.2, 0.25) is 0 Å². The van der Waals surface area contributed by atoms with E-state index >= 15 is 0 Å². The van der Waals surface area contributed by atoms with E-state index in [4.69, 9.17) is 0 Å². The summed E-state index contributed by atoms with van der Waals surface area (Å²) < 4.78 is 13.5. The molecule has 2 aromatic carbocycles. The van der Waals surface area contributed by atoms with Gasteiger partial charge >= 0.3 is 0 Å². The van der Waals surface area contributed by atoms with E-state index in [1.807, 2.05) is 12.1 Å². The number of hydrogen-bond donors (Lipinski definition) is 1. The first-order valence-electron chi connectivity index (χ1n) is 7.24. The average molecular weight is 271 g/mol. The van der Waals surface area contributed by atoms with Crippen LogP contribution in [0.5, 0.6) is 0 Å². The van der Waals surface area contributed by atoms with Crippen LogP contribution in [0.3, 0.4) is 0 Å². The van der Waals surface area contributed by atoms with Crippen molar-refractivity contribution in [3.05, 3.63) is 71.0 Å². The van der Waals surface area contributed by atoms with Crippen LogP contribution in [0.2, 0.25) is 0 Å². The molecule has 0 aliphatic rings. The van der Waals surface area contributed by atoms with Crippen LogP contribution in [0.15, 0.2) is 48.5 Å². The van der Waals surface area contributed by atoms with Crippen molar-refractivity contribution in [3.63, 3.8) is 0 Å². The van der Waals surface area contributed by atoms with Crippen molar-refractivity contribution >= 4 is 0 Å². The Balaban J connectivity index is 1.91. The van der Waals surface area contributed by atoms with Gasteiger partial charge in [-0.3, -0.25) is 0 Å². The maximum Gasteiger partial charge on any atom is 0.126 e. The van der Waals surface area contributed by atoms with Gasteiger partial charge in [-0.2, -0.15) is 0 Å². The summed E-state index contributed by atoms with van der Waals surface area (Å²) in [4.78, 5) is 0. The molecule has 0 bridgehead atoms. The Morgan fingerprint density at radius 2 is 1.75 bits per heavy atom. The maximum absolute atomic E-state index is 13.5. The number of nitrogens with one attached hydrogen (secondary N) is 1. The van der Waals surface area contributed by atoms with Crippen LogP contribution >= 0.6 is 0 Å². The topological polar surface area (TPSA) is 12.0 Å². The van der Waals surface area contributed by atoms with E-state index in [2.05, 4.69) is 43.4 Å². The van der Waals surface area contributed by atoms with E-state index in [0.29, 0.717) is 6.04 Å². The number of rotatable bonds is 6. The lowest BCUT2D eigenvalue weighted by Gasteiger charge is -2.18. The van der Waals surface area contributed by atoms with E-state index in [1.54, 1.807) is 6.07 Å². The first-order chi connectivity index (χ1) is 9.70. The van der Waals surface area contributed by atoms with Gasteiger partial charge in [0, 0.05) is 6.04 Å². The molecule has 1 N–H and O–H groups in total. The van der Waals surface area contributed by atoms with Crippen molar-refractivity contribution in [2.45, 2.75) is 32.7 Å². The van der Waals surface area contributed by atoms with Gasteiger partial charge in [-0.05, 0) is 43.5 Å². The fraction of sp³-hybridized carbons (Fsp3) is 0.333. The van der Waals surface area contributed by atoms with Crippen LogP contribution in [0.25, 0.3) is 0 Å². The second kappa shape index (κ2) is 7.20. The summed E-state index contributed by atoms with van der Waals surface area (Å²) in [5, 5.41) is 3.51.